The molecule has 0 aliphatic rings. The number of pyridine rings is 2. The Labute approximate surface area is 124 Å². The van der Waals surface area contributed by atoms with Crippen LogP contribution in [0, 0.1) is 6.92 Å². The first-order valence-electron chi connectivity index (χ1n) is 6.59. The quantitative estimate of drug-likeness (QED) is 0.636. The second kappa shape index (κ2) is 9.36. The maximum absolute atomic E-state index is 11.2. The number of aryl methyl sites for hydroxylation is 1. The lowest BCUT2D eigenvalue weighted by Crippen LogP contribution is -2.19. The van der Waals surface area contributed by atoms with Gasteiger partial charge in [0.2, 0.25) is 5.78 Å². The Morgan fingerprint density at radius 3 is 1.95 bits per heavy atom. The standard InChI is InChI=1S/C10H11NO3.C6H7N/c1-2-14-10(13)9(12)7-8-3-5-11-6-4-8;1-6-2-4-7-5-3-6/h3-6H,2,7H2,1H3;2-5H,1H3. The molecule has 0 radical (unpaired) electrons. The number of carbonyl (C=O) groups excluding carboxylic acids is 2. The van der Waals surface area contributed by atoms with Crippen molar-refractivity contribution in [2.45, 2.75) is 20.3 Å². The predicted octanol–water partition coefficient (Wildman–Crippen LogP) is 2.15. The van der Waals surface area contributed by atoms with Crippen molar-refractivity contribution < 1.29 is 14.3 Å². The van der Waals surface area contributed by atoms with Gasteiger partial charge in [-0.3, -0.25) is 14.8 Å². The van der Waals surface area contributed by atoms with Crippen molar-refractivity contribution >= 4 is 11.8 Å². The molecule has 0 aromatic carbocycles. The molecule has 0 atom stereocenters. The summed E-state index contributed by atoms with van der Waals surface area (Å²) >= 11 is 0. The third-order valence-corrected chi connectivity index (χ3v) is 2.46. The van der Waals surface area contributed by atoms with E-state index in [0.717, 1.165) is 5.56 Å². The van der Waals surface area contributed by atoms with E-state index in [0.29, 0.717) is 0 Å². The zero-order valence-electron chi connectivity index (χ0n) is 12.2. The van der Waals surface area contributed by atoms with Crippen molar-refractivity contribution in [3.8, 4) is 0 Å². The molecule has 2 heterocycles. The van der Waals surface area contributed by atoms with Crippen molar-refractivity contribution in [1.82, 2.24) is 9.97 Å². The lowest BCUT2D eigenvalue weighted by atomic mass is 10.1. The molecule has 0 spiro atoms. The van der Waals surface area contributed by atoms with Gasteiger partial charge in [-0.1, -0.05) is 0 Å². The zero-order valence-corrected chi connectivity index (χ0v) is 12.2. The normalized spacial score (nSPS) is 9.24. The van der Waals surface area contributed by atoms with E-state index in [9.17, 15) is 9.59 Å². The molecule has 5 nitrogen and oxygen atoms in total. The number of ketones is 1. The van der Waals surface area contributed by atoms with E-state index in [1.165, 1.54) is 5.56 Å². The number of ether oxygens (including phenoxy) is 1. The van der Waals surface area contributed by atoms with Crippen molar-refractivity contribution in [3.63, 3.8) is 0 Å². The third-order valence-electron chi connectivity index (χ3n) is 2.46. The van der Waals surface area contributed by atoms with E-state index in [1.807, 2.05) is 19.1 Å². The molecule has 0 fully saturated rings. The summed E-state index contributed by atoms with van der Waals surface area (Å²) in [5.41, 5.74) is 2.02. The first-order valence-corrected chi connectivity index (χ1v) is 6.59. The molecule has 2 aromatic heterocycles. The summed E-state index contributed by atoms with van der Waals surface area (Å²) in [5, 5.41) is 0. The first-order chi connectivity index (χ1) is 10.1. The van der Waals surface area contributed by atoms with E-state index in [2.05, 4.69) is 14.7 Å². The molecule has 0 unspecified atom stereocenters. The lowest BCUT2D eigenvalue weighted by molar-refractivity contribution is -0.153. The number of nitrogens with zero attached hydrogens (tertiary/aromatic N) is 2. The van der Waals surface area contributed by atoms with E-state index >= 15 is 0 Å². The number of esters is 1. The zero-order chi connectivity index (χ0) is 15.5. The van der Waals surface area contributed by atoms with Crippen LogP contribution < -0.4 is 0 Å². The van der Waals surface area contributed by atoms with Gasteiger partial charge >= 0.3 is 5.97 Å². The Morgan fingerprint density at radius 1 is 1.00 bits per heavy atom. The van der Waals surface area contributed by atoms with Crippen LogP contribution in [0.1, 0.15) is 18.1 Å². The van der Waals surface area contributed by atoms with Gasteiger partial charge in [0.05, 0.1) is 6.61 Å². The Bertz CT molecular complexity index is 556. The van der Waals surface area contributed by atoms with Gasteiger partial charge in [0.1, 0.15) is 0 Å². The summed E-state index contributed by atoms with van der Waals surface area (Å²) < 4.78 is 4.57. The van der Waals surface area contributed by atoms with Crippen LogP contribution in [0.5, 0.6) is 0 Å². The van der Waals surface area contributed by atoms with Crippen LogP contribution in [0.25, 0.3) is 0 Å². The summed E-state index contributed by atoms with van der Waals surface area (Å²) in [6.07, 6.45) is 6.80. The number of hydrogen-bond acceptors (Lipinski definition) is 5. The Balaban J connectivity index is 0.000000262. The molecule has 2 aromatic rings. The van der Waals surface area contributed by atoms with E-state index in [1.54, 1.807) is 43.8 Å². The van der Waals surface area contributed by atoms with Crippen molar-refractivity contribution in [3.05, 3.63) is 60.2 Å². The molecule has 0 N–H and O–H groups in total. The second-order valence-corrected chi connectivity index (χ2v) is 4.20. The minimum atomic E-state index is -0.774. The highest BCUT2D eigenvalue weighted by molar-refractivity contribution is 6.34. The summed E-state index contributed by atoms with van der Waals surface area (Å²) in [5.74, 6) is -1.30. The molecule has 0 saturated carbocycles. The molecule has 0 bridgehead atoms. The molecule has 5 heteroatoms. The summed E-state index contributed by atoms with van der Waals surface area (Å²) in [7, 11) is 0. The molecule has 21 heavy (non-hydrogen) atoms. The molecular weight excluding hydrogens is 268 g/mol. The van der Waals surface area contributed by atoms with E-state index in [4.69, 9.17) is 0 Å². The summed E-state index contributed by atoms with van der Waals surface area (Å²) in [6, 6.07) is 7.33. The van der Waals surface area contributed by atoms with Crippen LogP contribution in [0.3, 0.4) is 0 Å². The monoisotopic (exact) mass is 286 g/mol. The Morgan fingerprint density at radius 2 is 1.52 bits per heavy atom. The fourth-order valence-corrected chi connectivity index (χ4v) is 1.40. The van der Waals surface area contributed by atoms with Crippen LogP contribution in [0.4, 0.5) is 0 Å². The fraction of sp³-hybridized carbons (Fsp3) is 0.250. The molecule has 0 saturated heterocycles. The molecule has 110 valence electrons. The average molecular weight is 286 g/mol. The van der Waals surface area contributed by atoms with Crippen LogP contribution in [-0.4, -0.2) is 28.3 Å². The van der Waals surface area contributed by atoms with Gasteiger partial charge in [0, 0.05) is 31.2 Å². The van der Waals surface area contributed by atoms with Gasteiger partial charge in [0.15, 0.2) is 0 Å². The summed E-state index contributed by atoms with van der Waals surface area (Å²) in [4.78, 5) is 29.8. The third kappa shape index (κ3) is 6.96. The van der Waals surface area contributed by atoms with E-state index in [-0.39, 0.29) is 13.0 Å². The highest BCUT2D eigenvalue weighted by Gasteiger charge is 2.14. The van der Waals surface area contributed by atoms with Gasteiger partial charge in [-0.05, 0) is 49.2 Å². The van der Waals surface area contributed by atoms with Crippen molar-refractivity contribution in [2.75, 3.05) is 6.61 Å². The number of hydrogen-bond donors (Lipinski definition) is 0. The topological polar surface area (TPSA) is 69.2 Å². The maximum atomic E-state index is 11.2. The highest BCUT2D eigenvalue weighted by Crippen LogP contribution is 1.99. The van der Waals surface area contributed by atoms with Gasteiger partial charge < -0.3 is 4.74 Å². The molecule has 0 aliphatic carbocycles. The Kier molecular flexibility index (Phi) is 7.35. The van der Waals surface area contributed by atoms with Gasteiger partial charge in [-0.25, -0.2) is 4.79 Å². The SMILES string of the molecule is CCOC(=O)C(=O)Cc1ccncc1.Cc1ccncc1. The smallest absolute Gasteiger partial charge is 0.374 e. The number of Topliss-reactive ketones (excluding diaryl/α,β-unsaturated/α-hetero) is 1. The molecule has 0 amide bonds. The van der Waals surface area contributed by atoms with Gasteiger partial charge in [0.25, 0.3) is 0 Å². The van der Waals surface area contributed by atoms with Crippen LogP contribution in [-0.2, 0) is 20.7 Å². The Hall–Kier alpha value is -2.56. The van der Waals surface area contributed by atoms with Crippen LogP contribution in [0.2, 0.25) is 0 Å². The molecular formula is C16H18N2O3. The average Bonchev–Trinajstić information content (AvgIpc) is 2.50. The molecule has 0 aliphatic heterocycles. The number of carbonyl (C=O) groups is 2. The lowest BCUT2D eigenvalue weighted by Gasteiger charge is -2.00. The number of aromatic nitrogens is 2. The van der Waals surface area contributed by atoms with Gasteiger partial charge in [-0.15, -0.1) is 0 Å². The first kappa shape index (κ1) is 16.5. The van der Waals surface area contributed by atoms with Crippen LogP contribution in [0.15, 0.2) is 49.1 Å². The largest absolute Gasteiger partial charge is 0.460 e. The summed E-state index contributed by atoms with van der Waals surface area (Å²) in [6.45, 7) is 3.93. The number of rotatable bonds is 4. The van der Waals surface area contributed by atoms with Gasteiger partial charge in [-0.2, -0.15) is 0 Å². The molecule has 2 rings (SSSR count). The minimum Gasteiger partial charge on any atom is -0.460 e. The highest BCUT2D eigenvalue weighted by atomic mass is 16.5. The van der Waals surface area contributed by atoms with Crippen molar-refractivity contribution in [1.29, 1.82) is 0 Å². The fourth-order valence-electron chi connectivity index (χ4n) is 1.40. The van der Waals surface area contributed by atoms with E-state index < -0.39 is 11.8 Å². The van der Waals surface area contributed by atoms with Crippen LogP contribution >= 0.6 is 0 Å². The second-order valence-electron chi connectivity index (χ2n) is 4.20. The van der Waals surface area contributed by atoms with Crippen molar-refractivity contribution in [2.24, 2.45) is 0 Å². The predicted molar refractivity (Wildman–Crippen MR) is 78.6 cm³/mol. The maximum Gasteiger partial charge on any atom is 0.374 e. The minimum absolute atomic E-state index is 0.0708.